The molecule has 0 atom stereocenters. The van der Waals surface area contributed by atoms with Crippen LogP contribution in [0, 0.1) is 5.82 Å². The van der Waals surface area contributed by atoms with Crippen LogP contribution in [0.3, 0.4) is 0 Å². The number of rotatable bonds is 3. The number of halogens is 2. The van der Waals surface area contributed by atoms with Gasteiger partial charge in [-0.25, -0.2) is 17.8 Å². The summed E-state index contributed by atoms with van der Waals surface area (Å²) in [6, 6.07) is 8.28. The molecule has 0 spiro atoms. The maximum Gasteiger partial charge on any atom is 0.261 e. The van der Waals surface area contributed by atoms with Crippen molar-refractivity contribution >= 4 is 48.9 Å². The van der Waals surface area contributed by atoms with E-state index in [9.17, 15) is 12.8 Å². The molecule has 1 aromatic heterocycles. The number of hydrogen-bond acceptors (Lipinski definition) is 4. The van der Waals surface area contributed by atoms with Gasteiger partial charge in [-0.1, -0.05) is 11.6 Å². The number of anilines is 1. The van der Waals surface area contributed by atoms with Gasteiger partial charge in [0.2, 0.25) is 0 Å². The lowest BCUT2D eigenvalue weighted by molar-refractivity contribution is 0.601. The van der Waals surface area contributed by atoms with E-state index < -0.39 is 15.8 Å². The van der Waals surface area contributed by atoms with E-state index in [1.165, 1.54) is 29.5 Å². The van der Waals surface area contributed by atoms with Gasteiger partial charge in [0.1, 0.15) is 5.82 Å². The van der Waals surface area contributed by atoms with Crippen molar-refractivity contribution in [3.05, 3.63) is 52.7 Å². The molecule has 3 aromatic rings. The van der Waals surface area contributed by atoms with Crippen LogP contribution in [0.25, 0.3) is 10.2 Å². The monoisotopic (exact) mass is 342 g/mol. The second-order valence-electron chi connectivity index (χ2n) is 4.22. The van der Waals surface area contributed by atoms with Gasteiger partial charge >= 0.3 is 0 Å². The summed E-state index contributed by atoms with van der Waals surface area (Å²) in [4.78, 5) is 4.20. The molecule has 0 radical (unpaired) electrons. The number of thiazole rings is 1. The van der Waals surface area contributed by atoms with Gasteiger partial charge in [-0.15, -0.1) is 11.3 Å². The predicted octanol–water partition coefficient (Wildman–Crippen LogP) is 3.89. The van der Waals surface area contributed by atoms with E-state index in [-0.39, 0.29) is 15.6 Å². The third-order valence-electron chi connectivity index (χ3n) is 2.78. The topological polar surface area (TPSA) is 59.1 Å². The lowest BCUT2D eigenvalue weighted by Crippen LogP contribution is -2.12. The smallest absolute Gasteiger partial charge is 0.261 e. The van der Waals surface area contributed by atoms with Gasteiger partial charge in [0.15, 0.2) is 0 Å². The SMILES string of the molecule is O=S(=O)(Nc1ccc(F)c(Cl)c1)c1ccc2ncsc2c1. The van der Waals surface area contributed by atoms with E-state index >= 15 is 0 Å². The first-order valence-corrected chi connectivity index (χ1v) is 8.51. The van der Waals surface area contributed by atoms with Gasteiger partial charge < -0.3 is 0 Å². The number of sulfonamides is 1. The predicted molar refractivity (Wildman–Crippen MR) is 81.8 cm³/mol. The maximum atomic E-state index is 13.1. The minimum atomic E-state index is -3.76. The first kappa shape index (κ1) is 14.2. The van der Waals surface area contributed by atoms with Gasteiger partial charge in [0.05, 0.1) is 31.3 Å². The van der Waals surface area contributed by atoms with E-state index in [4.69, 9.17) is 11.6 Å². The van der Waals surface area contributed by atoms with Crippen molar-refractivity contribution in [1.82, 2.24) is 4.98 Å². The molecule has 0 saturated carbocycles. The van der Waals surface area contributed by atoms with Crippen molar-refractivity contribution < 1.29 is 12.8 Å². The molecule has 2 aromatic carbocycles. The second kappa shape index (κ2) is 5.25. The molecule has 1 heterocycles. The quantitative estimate of drug-likeness (QED) is 0.785. The molecule has 4 nitrogen and oxygen atoms in total. The molecule has 0 amide bonds. The van der Waals surface area contributed by atoms with Crippen LogP contribution >= 0.6 is 22.9 Å². The Labute approximate surface area is 129 Å². The van der Waals surface area contributed by atoms with Gasteiger partial charge in [0, 0.05) is 0 Å². The van der Waals surface area contributed by atoms with Crippen LogP contribution in [-0.2, 0) is 10.0 Å². The Bertz CT molecular complexity index is 925. The van der Waals surface area contributed by atoms with Crippen LogP contribution in [0.15, 0.2) is 46.8 Å². The number of fused-ring (bicyclic) bond motifs is 1. The molecule has 0 saturated heterocycles. The minimum Gasteiger partial charge on any atom is -0.280 e. The molecule has 108 valence electrons. The Morgan fingerprint density at radius 3 is 2.76 bits per heavy atom. The molecule has 0 aliphatic rings. The fraction of sp³-hybridized carbons (Fsp3) is 0. The van der Waals surface area contributed by atoms with E-state index in [1.54, 1.807) is 17.6 Å². The number of hydrogen-bond donors (Lipinski definition) is 1. The fourth-order valence-corrected chi connectivity index (χ4v) is 3.82. The zero-order valence-electron chi connectivity index (χ0n) is 10.4. The number of benzene rings is 2. The molecule has 3 rings (SSSR count). The normalized spacial score (nSPS) is 11.7. The van der Waals surface area contributed by atoms with Crippen LogP contribution in [-0.4, -0.2) is 13.4 Å². The molecule has 0 aliphatic carbocycles. The third-order valence-corrected chi connectivity index (χ3v) is 5.25. The highest BCUT2D eigenvalue weighted by Crippen LogP contribution is 2.25. The Morgan fingerprint density at radius 1 is 1.19 bits per heavy atom. The summed E-state index contributed by atoms with van der Waals surface area (Å²) in [5, 5.41) is -0.145. The average Bonchev–Trinajstić information content (AvgIpc) is 2.90. The number of nitrogens with zero attached hydrogens (tertiary/aromatic N) is 1. The molecule has 0 fully saturated rings. The standard InChI is InChI=1S/C13H8ClFN2O2S2/c14-10-5-8(1-3-11(10)15)17-21(18,19)9-2-4-12-13(6-9)20-7-16-12/h1-7,17H. The van der Waals surface area contributed by atoms with Crippen molar-refractivity contribution in [2.45, 2.75) is 4.90 Å². The Kier molecular flexibility index (Phi) is 3.56. The first-order chi connectivity index (χ1) is 9.95. The Morgan fingerprint density at radius 2 is 2.00 bits per heavy atom. The second-order valence-corrected chi connectivity index (χ2v) is 7.19. The summed E-state index contributed by atoms with van der Waals surface area (Å²) in [6.45, 7) is 0. The van der Waals surface area contributed by atoms with Crippen molar-refractivity contribution in [1.29, 1.82) is 0 Å². The van der Waals surface area contributed by atoms with Crippen LogP contribution in [0.2, 0.25) is 5.02 Å². The van der Waals surface area contributed by atoms with Gasteiger partial charge in [-0.2, -0.15) is 0 Å². The minimum absolute atomic E-state index is 0.111. The molecule has 0 bridgehead atoms. The van der Waals surface area contributed by atoms with Crippen LogP contribution in [0.1, 0.15) is 0 Å². The molecular formula is C13H8ClFN2O2S2. The van der Waals surface area contributed by atoms with Crippen molar-refractivity contribution in [3.8, 4) is 0 Å². The van der Waals surface area contributed by atoms with Crippen LogP contribution < -0.4 is 4.72 Å². The Balaban J connectivity index is 1.97. The molecule has 0 aliphatic heterocycles. The van der Waals surface area contributed by atoms with Crippen LogP contribution in [0.5, 0.6) is 0 Å². The van der Waals surface area contributed by atoms with Crippen molar-refractivity contribution in [3.63, 3.8) is 0 Å². The summed E-state index contributed by atoms with van der Waals surface area (Å²) in [7, 11) is -3.76. The summed E-state index contributed by atoms with van der Waals surface area (Å²) in [5.74, 6) is -0.606. The van der Waals surface area contributed by atoms with Gasteiger partial charge in [0.25, 0.3) is 10.0 Å². The lowest BCUT2D eigenvalue weighted by Gasteiger charge is -2.08. The highest BCUT2D eigenvalue weighted by atomic mass is 35.5. The third kappa shape index (κ3) is 2.85. The maximum absolute atomic E-state index is 13.1. The largest absolute Gasteiger partial charge is 0.280 e. The number of aromatic nitrogens is 1. The zero-order valence-corrected chi connectivity index (χ0v) is 12.8. The lowest BCUT2D eigenvalue weighted by atomic mass is 10.3. The first-order valence-electron chi connectivity index (χ1n) is 5.77. The van der Waals surface area contributed by atoms with Crippen molar-refractivity contribution in [2.24, 2.45) is 0 Å². The van der Waals surface area contributed by atoms with Crippen molar-refractivity contribution in [2.75, 3.05) is 4.72 Å². The number of nitrogens with one attached hydrogen (secondary N) is 1. The van der Waals surface area contributed by atoms with Gasteiger partial charge in [-0.3, -0.25) is 4.72 Å². The van der Waals surface area contributed by atoms with E-state index in [2.05, 4.69) is 9.71 Å². The molecule has 21 heavy (non-hydrogen) atoms. The van der Waals surface area contributed by atoms with Gasteiger partial charge in [-0.05, 0) is 36.4 Å². The molecule has 0 unspecified atom stereocenters. The summed E-state index contributed by atoms with van der Waals surface area (Å²) >= 11 is 6.99. The summed E-state index contributed by atoms with van der Waals surface area (Å²) in [6.07, 6.45) is 0. The summed E-state index contributed by atoms with van der Waals surface area (Å²) < 4.78 is 40.8. The molecular weight excluding hydrogens is 335 g/mol. The average molecular weight is 343 g/mol. The molecule has 1 N–H and O–H groups in total. The zero-order chi connectivity index (χ0) is 15.0. The molecule has 8 heteroatoms. The van der Waals surface area contributed by atoms with Crippen LogP contribution in [0.4, 0.5) is 10.1 Å². The fourth-order valence-electron chi connectivity index (χ4n) is 1.78. The van der Waals surface area contributed by atoms with E-state index in [1.807, 2.05) is 0 Å². The highest BCUT2D eigenvalue weighted by Gasteiger charge is 2.16. The Hall–Kier alpha value is -1.70. The van der Waals surface area contributed by atoms with E-state index in [0.717, 1.165) is 16.3 Å². The highest BCUT2D eigenvalue weighted by molar-refractivity contribution is 7.92. The summed E-state index contributed by atoms with van der Waals surface area (Å²) in [5.41, 5.74) is 2.59. The van der Waals surface area contributed by atoms with E-state index in [0.29, 0.717) is 0 Å².